The predicted octanol–water partition coefficient (Wildman–Crippen LogP) is 1.10. The maximum atomic E-state index is 10.5. The van der Waals surface area contributed by atoms with Crippen molar-refractivity contribution in [3.8, 4) is 0 Å². The smallest absolute Gasteiger partial charge is 0.339 e. The van der Waals surface area contributed by atoms with Crippen LogP contribution in [-0.2, 0) is 13.5 Å². The Balaban J connectivity index is 0.00000121. The largest absolute Gasteiger partial charge is 0.478 e. The quantitative estimate of drug-likeness (QED) is 0.760. The highest BCUT2D eigenvalue weighted by molar-refractivity contribution is 5.88. The van der Waals surface area contributed by atoms with Gasteiger partial charge in [0.15, 0.2) is 0 Å². The van der Waals surface area contributed by atoms with Gasteiger partial charge in [-0.1, -0.05) is 6.92 Å². The highest BCUT2D eigenvalue weighted by atomic mass is 35.5. The minimum atomic E-state index is -0.907. The number of halogens is 1. The van der Waals surface area contributed by atoms with E-state index in [4.69, 9.17) is 5.11 Å². The van der Waals surface area contributed by atoms with Crippen LogP contribution in [-0.4, -0.2) is 20.9 Å². The fraction of sp³-hybridized carbons (Fsp3) is 0.429. The van der Waals surface area contributed by atoms with E-state index in [1.807, 2.05) is 6.92 Å². The molecule has 4 nitrogen and oxygen atoms in total. The van der Waals surface area contributed by atoms with E-state index < -0.39 is 5.97 Å². The molecule has 0 saturated carbocycles. The number of carboxylic acid groups (broad SMARTS) is 1. The molecule has 1 rings (SSSR count). The Kier molecular flexibility index (Phi) is 3.76. The summed E-state index contributed by atoms with van der Waals surface area (Å²) in [7, 11) is 1.74. The molecule has 0 atom stereocenters. The third-order valence-corrected chi connectivity index (χ3v) is 1.63. The van der Waals surface area contributed by atoms with Crippen LogP contribution >= 0.6 is 12.4 Å². The summed E-state index contributed by atoms with van der Waals surface area (Å²) in [4.78, 5) is 10.5. The Morgan fingerprint density at radius 2 is 2.33 bits per heavy atom. The average Bonchev–Trinajstić information content (AvgIpc) is 2.30. The van der Waals surface area contributed by atoms with Crippen molar-refractivity contribution in [1.29, 1.82) is 0 Å². The zero-order valence-corrected chi connectivity index (χ0v) is 7.76. The second kappa shape index (κ2) is 4.11. The summed E-state index contributed by atoms with van der Waals surface area (Å²) in [6.45, 7) is 1.91. The lowest BCUT2D eigenvalue weighted by molar-refractivity contribution is 0.0695. The zero-order chi connectivity index (χ0) is 8.43. The molecule has 0 saturated heterocycles. The summed E-state index contributed by atoms with van der Waals surface area (Å²) in [6.07, 6.45) is 2.07. The Hall–Kier alpha value is -1.03. The Bertz CT molecular complexity index is 283. The molecule has 0 radical (unpaired) electrons. The van der Waals surface area contributed by atoms with Crippen molar-refractivity contribution in [1.82, 2.24) is 9.78 Å². The predicted molar refractivity (Wildman–Crippen MR) is 46.8 cm³/mol. The first kappa shape index (κ1) is 11.0. The Morgan fingerprint density at radius 1 is 1.75 bits per heavy atom. The molecule has 1 aromatic heterocycles. The van der Waals surface area contributed by atoms with Gasteiger partial charge in [-0.2, -0.15) is 5.10 Å². The molecular weight excluding hydrogens is 180 g/mol. The van der Waals surface area contributed by atoms with Crippen LogP contribution in [0.1, 0.15) is 23.0 Å². The summed E-state index contributed by atoms with van der Waals surface area (Å²) < 4.78 is 1.59. The van der Waals surface area contributed by atoms with Gasteiger partial charge in [-0.25, -0.2) is 4.79 Å². The Labute approximate surface area is 76.6 Å². The first-order chi connectivity index (χ1) is 5.16. The van der Waals surface area contributed by atoms with Crippen LogP contribution in [0.15, 0.2) is 6.20 Å². The molecule has 5 heteroatoms. The third kappa shape index (κ3) is 1.76. The summed E-state index contributed by atoms with van der Waals surface area (Å²) >= 11 is 0. The van der Waals surface area contributed by atoms with Crippen LogP contribution in [0.3, 0.4) is 0 Å². The van der Waals surface area contributed by atoms with Crippen LogP contribution < -0.4 is 0 Å². The fourth-order valence-corrected chi connectivity index (χ4v) is 1.06. The van der Waals surface area contributed by atoms with Crippen molar-refractivity contribution in [3.05, 3.63) is 17.5 Å². The number of hydrogen-bond acceptors (Lipinski definition) is 2. The average molecular weight is 191 g/mol. The van der Waals surface area contributed by atoms with Gasteiger partial charge in [-0.15, -0.1) is 12.4 Å². The molecule has 1 N–H and O–H groups in total. The van der Waals surface area contributed by atoms with Gasteiger partial charge in [0.05, 0.1) is 11.9 Å². The molecule has 0 aliphatic heterocycles. The lowest BCUT2D eigenvalue weighted by Gasteiger charge is -1.97. The normalized spacial score (nSPS) is 9.17. The topological polar surface area (TPSA) is 55.1 Å². The number of carbonyl (C=O) groups is 1. The van der Waals surface area contributed by atoms with Crippen LogP contribution in [0, 0.1) is 0 Å². The van der Waals surface area contributed by atoms with E-state index in [9.17, 15) is 4.79 Å². The van der Waals surface area contributed by atoms with E-state index in [0.29, 0.717) is 12.0 Å². The second-order valence-electron chi connectivity index (χ2n) is 2.29. The standard InChI is InChI=1S/C7H10N2O2.ClH/c1-3-6-5(7(10)11)4-8-9(6)2;/h4H,3H2,1-2H3,(H,10,11);1H. The van der Waals surface area contributed by atoms with Crippen LogP contribution in [0.5, 0.6) is 0 Å². The van der Waals surface area contributed by atoms with Crippen molar-refractivity contribution < 1.29 is 9.90 Å². The van der Waals surface area contributed by atoms with E-state index in [0.717, 1.165) is 5.69 Å². The third-order valence-electron chi connectivity index (χ3n) is 1.63. The number of rotatable bonds is 2. The van der Waals surface area contributed by atoms with Gasteiger partial charge in [0, 0.05) is 7.05 Å². The van der Waals surface area contributed by atoms with Crippen LogP contribution in [0.2, 0.25) is 0 Å². The molecule has 0 bridgehead atoms. The van der Waals surface area contributed by atoms with E-state index in [1.165, 1.54) is 6.20 Å². The number of hydrogen-bond donors (Lipinski definition) is 1. The number of aryl methyl sites for hydroxylation is 1. The van der Waals surface area contributed by atoms with Gasteiger partial charge < -0.3 is 5.11 Å². The second-order valence-corrected chi connectivity index (χ2v) is 2.29. The molecule has 0 aliphatic rings. The highest BCUT2D eigenvalue weighted by Crippen LogP contribution is 2.07. The van der Waals surface area contributed by atoms with Crippen LogP contribution in [0.25, 0.3) is 0 Å². The maximum absolute atomic E-state index is 10.5. The number of nitrogens with zero attached hydrogens (tertiary/aromatic N) is 2. The monoisotopic (exact) mass is 190 g/mol. The summed E-state index contributed by atoms with van der Waals surface area (Å²) in [5.41, 5.74) is 1.06. The van der Waals surface area contributed by atoms with Crippen LogP contribution in [0.4, 0.5) is 0 Å². The Morgan fingerprint density at radius 3 is 2.67 bits per heavy atom. The molecule has 0 amide bonds. The van der Waals surface area contributed by atoms with Crippen molar-refractivity contribution in [2.45, 2.75) is 13.3 Å². The first-order valence-electron chi connectivity index (χ1n) is 3.41. The lowest BCUT2D eigenvalue weighted by Crippen LogP contribution is -2.03. The van der Waals surface area contributed by atoms with Crippen molar-refractivity contribution in [2.24, 2.45) is 7.05 Å². The van der Waals surface area contributed by atoms with Gasteiger partial charge in [0.25, 0.3) is 0 Å². The number of carboxylic acids is 1. The molecule has 0 aliphatic carbocycles. The van der Waals surface area contributed by atoms with Gasteiger partial charge in [0.2, 0.25) is 0 Å². The molecule has 1 aromatic rings. The highest BCUT2D eigenvalue weighted by Gasteiger charge is 2.12. The molecular formula is C7H11ClN2O2. The van der Waals surface area contributed by atoms with E-state index in [-0.39, 0.29) is 12.4 Å². The number of aromatic carboxylic acids is 1. The first-order valence-corrected chi connectivity index (χ1v) is 3.41. The summed E-state index contributed by atoms with van der Waals surface area (Å²) in [5.74, 6) is -0.907. The van der Waals surface area contributed by atoms with E-state index in [2.05, 4.69) is 5.10 Å². The minimum absolute atomic E-state index is 0. The van der Waals surface area contributed by atoms with Gasteiger partial charge in [0.1, 0.15) is 5.56 Å². The van der Waals surface area contributed by atoms with Crippen molar-refractivity contribution in [3.63, 3.8) is 0 Å². The summed E-state index contributed by atoms with van der Waals surface area (Å²) in [5, 5.41) is 12.5. The SMILES string of the molecule is CCc1c(C(=O)O)cnn1C.Cl. The molecule has 0 aromatic carbocycles. The molecule has 1 heterocycles. The summed E-state index contributed by atoms with van der Waals surface area (Å²) in [6, 6.07) is 0. The van der Waals surface area contributed by atoms with E-state index in [1.54, 1.807) is 11.7 Å². The molecule has 0 fully saturated rings. The molecule has 0 unspecified atom stereocenters. The number of aromatic nitrogens is 2. The van der Waals surface area contributed by atoms with Gasteiger partial charge >= 0.3 is 5.97 Å². The van der Waals surface area contributed by atoms with Gasteiger partial charge in [-0.05, 0) is 6.42 Å². The lowest BCUT2D eigenvalue weighted by atomic mass is 10.2. The minimum Gasteiger partial charge on any atom is -0.478 e. The van der Waals surface area contributed by atoms with E-state index >= 15 is 0 Å². The molecule has 12 heavy (non-hydrogen) atoms. The molecule has 0 spiro atoms. The zero-order valence-electron chi connectivity index (χ0n) is 6.94. The maximum Gasteiger partial charge on any atom is 0.339 e. The van der Waals surface area contributed by atoms with Crippen molar-refractivity contribution >= 4 is 18.4 Å². The van der Waals surface area contributed by atoms with Crippen molar-refractivity contribution in [2.75, 3.05) is 0 Å². The fourth-order valence-electron chi connectivity index (χ4n) is 1.06. The van der Waals surface area contributed by atoms with Gasteiger partial charge in [-0.3, -0.25) is 4.68 Å². The molecule has 68 valence electrons.